The van der Waals surface area contributed by atoms with Crippen LogP contribution >= 0.6 is 0 Å². The average molecular weight is 269 g/mol. The van der Waals surface area contributed by atoms with Gasteiger partial charge in [0.2, 0.25) is 0 Å². The molecule has 0 amide bonds. The summed E-state index contributed by atoms with van der Waals surface area (Å²) in [4.78, 5) is 15.9. The van der Waals surface area contributed by atoms with Gasteiger partial charge in [-0.1, -0.05) is 35.9 Å². The summed E-state index contributed by atoms with van der Waals surface area (Å²) in [7, 11) is 1.43. The number of pyridine rings is 1. The number of benzene rings is 1. The standard InChI is InChI=1S/C16H15NO3/c1-11-3-5-12(6-4-11)7-8-13(18)16-14(19)9-17-10-15(16)20-2/h3-10,19H,1-2H3/b8-7+. The first-order valence-electron chi connectivity index (χ1n) is 6.12. The van der Waals surface area contributed by atoms with Gasteiger partial charge in [-0.3, -0.25) is 9.78 Å². The molecule has 0 aliphatic carbocycles. The fraction of sp³-hybridized carbons (Fsp3) is 0.125. The van der Waals surface area contributed by atoms with Crippen LogP contribution in [0.25, 0.3) is 6.08 Å². The predicted octanol–water partition coefficient (Wildman–Crippen LogP) is 3.00. The second-order valence-electron chi connectivity index (χ2n) is 4.34. The summed E-state index contributed by atoms with van der Waals surface area (Å²) in [6.45, 7) is 2.00. The Morgan fingerprint density at radius 1 is 1.25 bits per heavy atom. The molecule has 4 heteroatoms. The van der Waals surface area contributed by atoms with Gasteiger partial charge in [0, 0.05) is 0 Å². The molecule has 0 radical (unpaired) electrons. The van der Waals surface area contributed by atoms with Crippen molar-refractivity contribution < 1.29 is 14.6 Å². The van der Waals surface area contributed by atoms with Gasteiger partial charge < -0.3 is 9.84 Å². The molecule has 0 saturated carbocycles. The first-order valence-corrected chi connectivity index (χ1v) is 6.12. The molecule has 4 nitrogen and oxygen atoms in total. The number of carbonyl (C=O) groups excluding carboxylic acids is 1. The number of methoxy groups -OCH3 is 1. The van der Waals surface area contributed by atoms with E-state index in [-0.39, 0.29) is 22.8 Å². The van der Waals surface area contributed by atoms with E-state index in [1.807, 2.05) is 31.2 Å². The molecule has 0 fully saturated rings. The van der Waals surface area contributed by atoms with Crippen molar-refractivity contribution in [2.45, 2.75) is 6.92 Å². The lowest BCUT2D eigenvalue weighted by Crippen LogP contribution is -2.00. The van der Waals surface area contributed by atoms with Crippen molar-refractivity contribution in [3.05, 3.63) is 59.4 Å². The highest BCUT2D eigenvalue weighted by Crippen LogP contribution is 2.26. The maximum atomic E-state index is 12.1. The molecule has 0 unspecified atom stereocenters. The second-order valence-corrected chi connectivity index (χ2v) is 4.34. The van der Waals surface area contributed by atoms with Gasteiger partial charge in [-0.05, 0) is 18.6 Å². The third kappa shape index (κ3) is 3.03. The Balaban J connectivity index is 2.26. The van der Waals surface area contributed by atoms with Crippen molar-refractivity contribution in [3.8, 4) is 11.5 Å². The molecular formula is C16H15NO3. The van der Waals surface area contributed by atoms with E-state index >= 15 is 0 Å². The number of hydrogen-bond donors (Lipinski definition) is 1. The Bertz CT molecular complexity index is 645. The highest BCUT2D eigenvalue weighted by molar-refractivity contribution is 6.10. The molecule has 0 spiro atoms. The fourth-order valence-electron chi connectivity index (χ4n) is 1.77. The minimum Gasteiger partial charge on any atom is -0.505 e. The van der Waals surface area contributed by atoms with E-state index in [0.29, 0.717) is 0 Å². The number of nitrogens with zero attached hydrogens (tertiary/aromatic N) is 1. The molecule has 20 heavy (non-hydrogen) atoms. The highest BCUT2D eigenvalue weighted by atomic mass is 16.5. The van der Waals surface area contributed by atoms with Gasteiger partial charge in [-0.25, -0.2) is 0 Å². The largest absolute Gasteiger partial charge is 0.505 e. The van der Waals surface area contributed by atoms with Gasteiger partial charge in [0.25, 0.3) is 0 Å². The van der Waals surface area contributed by atoms with Crippen molar-refractivity contribution in [2.24, 2.45) is 0 Å². The number of hydrogen-bond acceptors (Lipinski definition) is 4. The molecule has 2 rings (SSSR count). The quantitative estimate of drug-likeness (QED) is 0.684. The summed E-state index contributed by atoms with van der Waals surface area (Å²) in [6, 6.07) is 7.77. The van der Waals surface area contributed by atoms with Crippen LogP contribution in [0.4, 0.5) is 0 Å². The van der Waals surface area contributed by atoms with Crippen LogP contribution in [0.2, 0.25) is 0 Å². The van der Waals surface area contributed by atoms with Crippen LogP contribution in [0.1, 0.15) is 21.5 Å². The van der Waals surface area contributed by atoms with E-state index in [2.05, 4.69) is 4.98 Å². The van der Waals surface area contributed by atoms with Crippen LogP contribution < -0.4 is 4.74 Å². The zero-order valence-corrected chi connectivity index (χ0v) is 11.3. The molecule has 0 aliphatic heterocycles. The van der Waals surface area contributed by atoms with Gasteiger partial charge in [0.1, 0.15) is 11.3 Å². The number of ether oxygens (including phenoxy) is 1. The molecule has 102 valence electrons. The summed E-state index contributed by atoms with van der Waals surface area (Å²) >= 11 is 0. The van der Waals surface area contributed by atoms with Gasteiger partial charge in [-0.2, -0.15) is 0 Å². The summed E-state index contributed by atoms with van der Waals surface area (Å²) in [5.74, 6) is -0.270. The van der Waals surface area contributed by atoms with Crippen molar-refractivity contribution in [1.82, 2.24) is 4.98 Å². The van der Waals surface area contributed by atoms with E-state index in [1.165, 1.54) is 25.6 Å². The third-order valence-electron chi connectivity index (χ3n) is 2.86. The van der Waals surface area contributed by atoms with E-state index in [9.17, 15) is 9.90 Å². The number of ketones is 1. The minimum atomic E-state index is -0.331. The topological polar surface area (TPSA) is 59.4 Å². The molecule has 2 aromatic rings. The SMILES string of the molecule is COc1cncc(O)c1C(=O)/C=C/c1ccc(C)cc1. The molecule has 1 N–H and O–H groups in total. The average Bonchev–Trinajstić information content (AvgIpc) is 2.46. The van der Waals surface area contributed by atoms with Crippen molar-refractivity contribution in [1.29, 1.82) is 0 Å². The smallest absolute Gasteiger partial charge is 0.193 e. The molecule has 1 aromatic carbocycles. The van der Waals surface area contributed by atoms with Crippen LogP contribution in [0.5, 0.6) is 11.5 Å². The number of rotatable bonds is 4. The number of aromatic nitrogens is 1. The van der Waals surface area contributed by atoms with Gasteiger partial charge >= 0.3 is 0 Å². The summed E-state index contributed by atoms with van der Waals surface area (Å²) < 4.78 is 5.04. The van der Waals surface area contributed by atoms with Gasteiger partial charge in [0.05, 0.1) is 19.5 Å². The van der Waals surface area contributed by atoms with Crippen molar-refractivity contribution in [2.75, 3.05) is 7.11 Å². The molecule has 0 aliphatic rings. The highest BCUT2D eigenvalue weighted by Gasteiger charge is 2.15. The summed E-state index contributed by atoms with van der Waals surface area (Å²) in [5.41, 5.74) is 2.18. The van der Waals surface area contributed by atoms with Crippen molar-refractivity contribution in [3.63, 3.8) is 0 Å². The lowest BCUT2D eigenvalue weighted by Gasteiger charge is -2.06. The van der Waals surface area contributed by atoms with Crippen LogP contribution in [-0.4, -0.2) is 23.0 Å². The first kappa shape index (κ1) is 13.8. The third-order valence-corrected chi connectivity index (χ3v) is 2.86. The van der Waals surface area contributed by atoms with Crippen LogP contribution in [0.3, 0.4) is 0 Å². The number of aromatic hydroxyl groups is 1. The summed E-state index contributed by atoms with van der Waals surface area (Å²) in [6.07, 6.45) is 5.71. The molecule has 1 heterocycles. The lowest BCUT2D eigenvalue weighted by atomic mass is 10.1. The van der Waals surface area contributed by atoms with Crippen LogP contribution in [0.15, 0.2) is 42.7 Å². The van der Waals surface area contributed by atoms with Crippen LogP contribution in [0, 0.1) is 6.92 Å². The predicted molar refractivity (Wildman–Crippen MR) is 77.0 cm³/mol. The second kappa shape index (κ2) is 6.02. The normalized spacial score (nSPS) is 10.7. The van der Waals surface area contributed by atoms with E-state index in [1.54, 1.807) is 6.08 Å². The Hall–Kier alpha value is -2.62. The number of aryl methyl sites for hydroxylation is 1. The zero-order chi connectivity index (χ0) is 14.5. The lowest BCUT2D eigenvalue weighted by molar-refractivity contribution is 0.104. The zero-order valence-electron chi connectivity index (χ0n) is 11.3. The molecular weight excluding hydrogens is 254 g/mol. The summed E-state index contributed by atoms with van der Waals surface area (Å²) in [5, 5.41) is 9.73. The molecule has 0 bridgehead atoms. The maximum Gasteiger partial charge on any atom is 0.193 e. The first-order chi connectivity index (χ1) is 9.61. The molecule has 1 aromatic heterocycles. The fourth-order valence-corrected chi connectivity index (χ4v) is 1.77. The van der Waals surface area contributed by atoms with Gasteiger partial charge in [-0.15, -0.1) is 0 Å². The molecule has 0 saturated heterocycles. The van der Waals surface area contributed by atoms with Gasteiger partial charge in [0.15, 0.2) is 11.5 Å². The maximum absolute atomic E-state index is 12.1. The number of allylic oxidation sites excluding steroid dienone is 1. The Kier molecular flexibility index (Phi) is 4.15. The van der Waals surface area contributed by atoms with E-state index < -0.39 is 0 Å². The van der Waals surface area contributed by atoms with E-state index in [0.717, 1.165) is 11.1 Å². The Morgan fingerprint density at radius 2 is 1.95 bits per heavy atom. The monoisotopic (exact) mass is 269 g/mol. The van der Waals surface area contributed by atoms with Crippen molar-refractivity contribution >= 4 is 11.9 Å². The molecule has 0 atom stereocenters. The van der Waals surface area contributed by atoms with Crippen LogP contribution in [-0.2, 0) is 0 Å². The Labute approximate surface area is 117 Å². The van der Waals surface area contributed by atoms with E-state index in [4.69, 9.17) is 4.74 Å². The number of carbonyl (C=O) groups is 1. The minimum absolute atomic E-state index is 0.117. The Morgan fingerprint density at radius 3 is 2.60 bits per heavy atom.